The molecule has 0 amide bonds. The summed E-state index contributed by atoms with van der Waals surface area (Å²) in [5.41, 5.74) is 0.431. The van der Waals surface area contributed by atoms with E-state index in [0.29, 0.717) is 0 Å². The van der Waals surface area contributed by atoms with Gasteiger partial charge in [-0.1, -0.05) is 6.07 Å². The van der Waals surface area contributed by atoms with Gasteiger partial charge in [-0.15, -0.1) is 0 Å². The summed E-state index contributed by atoms with van der Waals surface area (Å²) in [5, 5.41) is 12.3. The number of hydrogen-bond donors (Lipinski definition) is 1. The van der Waals surface area contributed by atoms with Gasteiger partial charge in [-0.3, -0.25) is 0 Å². The van der Waals surface area contributed by atoms with Crippen molar-refractivity contribution in [2.24, 2.45) is 5.41 Å². The summed E-state index contributed by atoms with van der Waals surface area (Å²) < 4.78 is 18.5. The lowest BCUT2D eigenvalue weighted by atomic mass is 9.91. The van der Waals surface area contributed by atoms with Crippen LogP contribution in [0.1, 0.15) is 24.4 Å². The molecule has 1 aromatic carbocycles. The lowest BCUT2D eigenvalue weighted by molar-refractivity contribution is 0.383. The molecule has 1 N–H and O–H groups in total. The minimum Gasteiger partial charge on any atom is -0.494 e. The Balaban J connectivity index is 2.33. The molecule has 1 unspecified atom stereocenters. The molecule has 1 aliphatic rings. The van der Waals surface area contributed by atoms with Gasteiger partial charge in [-0.05, 0) is 37.6 Å². The smallest absolute Gasteiger partial charge is 0.165 e. The van der Waals surface area contributed by atoms with E-state index < -0.39 is 0 Å². The maximum Gasteiger partial charge on any atom is 0.165 e. The largest absolute Gasteiger partial charge is 0.494 e. The average Bonchev–Trinajstić information content (AvgIpc) is 3.11. The van der Waals surface area contributed by atoms with Crippen molar-refractivity contribution in [2.75, 3.05) is 14.2 Å². The first-order chi connectivity index (χ1) is 8.16. The Morgan fingerprint density at radius 1 is 1.53 bits per heavy atom. The zero-order valence-corrected chi connectivity index (χ0v) is 9.96. The Bertz CT molecular complexity index is 463. The lowest BCUT2D eigenvalue weighted by Gasteiger charge is -2.21. The van der Waals surface area contributed by atoms with Gasteiger partial charge < -0.3 is 10.1 Å². The van der Waals surface area contributed by atoms with E-state index in [1.54, 1.807) is 19.2 Å². The van der Waals surface area contributed by atoms with Crippen LogP contribution >= 0.6 is 0 Å². The van der Waals surface area contributed by atoms with Crippen molar-refractivity contribution in [3.8, 4) is 11.8 Å². The molecule has 2 rings (SSSR count). The fourth-order valence-electron chi connectivity index (χ4n) is 2.22. The van der Waals surface area contributed by atoms with Crippen LogP contribution in [0.15, 0.2) is 18.2 Å². The van der Waals surface area contributed by atoms with Crippen LogP contribution < -0.4 is 10.1 Å². The maximum absolute atomic E-state index is 13.6. The van der Waals surface area contributed by atoms with Crippen molar-refractivity contribution in [1.82, 2.24) is 5.32 Å². The molecule has 3 nitrogen and oxygen atoms in total. The second kappa shape index (κ2) is 4.34. The lowest BCUT2D eigenvalue weighted by Crippen LogP contribution is -2.25. The molecule has 1 aliphatic carbocycles. The van der Waals surface area contributed by atoms with Crippen LogP contribution in [0, 0.1) is 22.6 Å². The summed E-state index contributed by atoms with van der Waals surface area (Å²) >= 11 is 0. The second-order valence-electron chi connectivity index (χ2n) is 4.38. The van der Waals surface area contributed by atoms with Crippen LogP contribution in [0.3, 0.4) is 0 Å². The highest BCUT2D eigenvalue weighted by Gasteiger charge is 2.50. The van der Waals surface area contributed by atoms with Gasteiger partial charge in [0.1, 0.15) is 0 Å². The number of nitriles is 1. The molecule has 0 aliphatic heterocycles. The molecular formula is C13H15FN2O. The van der Waals surface area contributed by atoms with Crippen molar-refractivity contribution in [2.45, 2.75) is 18.9 Å². The first-order valence-corrected chi connectivity index (χ1v) is 5.59. The first kappa shape index (κ1) is 11.9. The van der Waals surface area contributed by atoms with Gasteiger partial charge in [-0.2, -0.15) is 5.26 Å². The van der Waals surface area contributed by atoms with E-state index in [0.717, 1.165) is 18.4 Å². The quantitative estimate of drug-likeness (QED) is 0.870. The Labute approximate surface area is 100 Å². The van der Waals surface area contributed by atoms with Crippen LogP contribution in [0.25, 0.3) is 0 Å². The third-order valence-electron chi connectivity index (χ3n) is 3.36. The minimum atomic E-state index is -0.390. The van der Waals surface area contributed by atoms with Crippen LogP contribution in [-0.2, 0) is 0 Å². The van der Waals surface area contributed by atoms with E-state index in [9.17, 15) is 9.65 Å². The van der Waals surface area contributed by atoms with Crippen LogP contribution in [0.2, 0.25) is 0 Å². The molecule has 1 fully saturated rings. The van der Waals surface area contributed by atoms with Gasteiger partial charge in [0.2, 0.25) is 0 Å². The zero-order valence-electron chi connectivity index (χ0n) is 9.96. The van der Waals surface area contributed by atoms with Gasteiger partial charge >= 0.3 is 0 Å². The minimum absolute atomic E-state index is 0.118. The molecule has 4 heteroatoms. The Kier molecular flexibility index (Phi) is 3.03. The SMILES string of the molecule is CNC(c1ccc(OC)c(F)c1)C1(C#N)CC1. The predicted molar refractivity (Wildman–Crippen MR) is 62.0 cm³/mol. The molecule has 90 valence electrons. The molecule has 0 aromatic heterocycles. The normalized spacial score (nSPS) is 18.2. The first-order valence-electron chi connectivity index (χ1n) is 5.59. The van der Waals surface area contributed by atoms with Crippen LogP contribution in [0.5, 0.6) is 5.75 Å². The van der Waals surface area contributed by atoms with Gasteiger partial charge in [0, 0.05) is 0 Å². The van der Waals surface area contributed by atoms with E-state index in [1.165, 1.54) is 13.2 Å². The average molecular weight is 234 g/mol. The molecule has 0 saturated heterocycles. The van der Waals surface area contributed by atoms with E-state index in [2.05, 4.69) is 11.4 Å². The third-order valence-corrected chi connectivity index (χ3v) is 3.36. The number of halogens is 1. The number of nitrogens with one attached hydrogen (secondary N) is 1. The summed E-state index contributed by atoms with van der Waals surface area (Å²) in [5.74, 6) is -0.163. The number of rotatable bonds is 4. The highest BCUT2D eigenvalue weighted by atomic mass is 19.1. The molecule has 0 heterocycles. The van der Waals surface area contributed by atoms with Crippen molar-refractivity contribution in [3.05, 3.63) is 29.6 Å². The summed E-state index contributed by atoms with van der Waals surface area (Å²) in [6.07, 6.45) is 1.73. The standard InChI is InChI=1S/C13H15FN2O/c1-16-12(13(8-15)5-6-13)9-3-4-11(17-2)10(14)7-9/h3-4,7,12,16H,5-6H2,1-2H3. The maximum atomic E-state index is 13.6. The third kappa shape index (κ3) is 1.98. The predicted octanol–water partition coefficient (Wildman–Crippen LogP) is 2.40. The van der Waals surface area contributed by atoms with Gasteiger partial charge in [0.25, 0.3) is 0 Å². The summed E-state index contributed by atoms with van der Waals surface area (Å²) in [6.45, 7) is 0. The van der Waals surface area contributed by atoms with E-state index in [1.807, 2.05) is 0 Å². The van der Waals surface area contributed by atoms with Crippen molar-refractivity contribution in [3.63, 3.8) is 0 Å². The van der Waals surface area contributed by atoms with Gasteiger partial charge in [-0.25, -0.2) is 4.39 Å². The molecule has 17 heavy (non-hydrogen) atoms. The van der Waals surface area contributed by atoms with E-state index >= 15 is 0 Å². The fraction of sp³-hybridized carbons (Fsp3) is 0.462. The van der Waals surface area contributed by atoms with Gasteiger partial charge in [0.05, 0.1) is 24.6 Å². The van der Waals surface area contributed by atoms with Crippen LogP contribution in [-0.4, -0.2) is 14.2 Å². The Morgan fingerprint density at radius 3 is 2.65 bits per heavy atom. The van der Waals surface area contributed by atoms with E-state index in [4.69, 9.17) is 4.74 Å². The highest BCUT2D eigenvalue weighted by molar-refractivity contribution is 5.34. The number of ether oxygens (including phenoxy) is 1. The second-order valence-corrected chi connectivity index (χ2v) is 4.38. The Morgan fingerprint density at radius 2 is 2.24 bits per heavy atom. The summed E-state index contributed by atoms with van der Waals surface area (Å²) in [6, 6.07) is 7.06. The van der Waals surface area contributed by atoms with E-state index in [-0.39, 0.29) is 23.0 Å². The highest BCUT2D eigenvalue weighted by Crippen LogP contribution is 2.54. The van der Waals surface area contributed by atoms with Crippen molar-refractivity contribution in [1.29, 1.82) is 5.26 Å². The zero-order chi connectivity index (χ0) is 12.5. The summed E-state index contributed by atoms with van der Waals surface area (Å²) in [4.78, 5) is 0. The molecular weight excluding hydrogens is 219 g/mol. The molecule has 1 atom stereocenters. The molecule has 1 saturated carbocycles. The molecule has 1 aromatic rings. The number of hydrogen-bond acceptors (Lipinski definition) is 3. The molecule has 0 bridgehead atoms. The van der Waals surface area contributed by atoms with Crippen LogP contribution in [0.4, 0.5) is 4.39 Å². The van der Waals surface area contributed by atoms with Crippen molar-refractivity contribution < 1.29 is 9.13 Å². The fourth-order valence-corrected chi connectivity index (χ4v) is 2.22. The molecule has 0 radical (unpaired) electrons. The number of methoxy groups -OCH3 is 1. The Hall–Kier alpha value is -1.60. The summed E-state index contributed by atoms with van der Waals surface area (Å²) in [7, 11) is 3.23. The van der Waals surface area contributed by atoms with Gasteiger partial charge in [0.15, 0.2) is 11.6 Å². The monoisotopic (exact) mass is 234 g/mol. The van der Waals surface area contributed by atoms with Crippen molar-refractivity contribution >= 4 is 0 Å². The molecule has 0 spiro atoms. The number of benzene rings is 1. The number of nitrogens with zero attached hydrogens (tertiary/aromatic N) is 1. The topological polar surface area (TPSA) is 45.0 Å².